The molecule has 0 aromatic heterocycles. The maximum atomic E-state index is 11.4. The van der Waals surface area contributed by atoms with Gasteiger partial charge in [-0.25, -0.2) is 0 Å². The summed E-state index contributed by atoms with van der Waals surface area (Å²) in [7, 11) is 0. The average molecular weight is 294 g/mol. The van der Waals surface area contributed by atoms with Crippen LogP contribution in [0.5, 0.6) is 0 Å². The topological polar surface area (TPSA) is 66.8 Å². The Morgan fingerprint density at radius 3 is 2.67 bits per heavy atom. The van der Waals surface area contributed by atoms with Gasteiger partial charge in [-0.2, -0.15) is 0 Å². The van der Waals surface area contributed by atoms with E-state index in [-0.39, 0.29) is 13.0 Å². The van der Waals surface area contributed by atoms with E-state index in [4.69, 9.17) is 4.74 Å². The normalized spacial score (nSPS) is 13.9. The van der Waals surface area contributed by atoms with Crippen LogP contribution in [0, 0.1) is 12.8 Å². The number of aliphatic hydroxyl groups is 1. The molecule has 1 rings (SSSR count). The molecule has 2 unspecified atom stereocenters. The third kappa shape index (κ3) is 6.74. The Kier molecular flexibility index (Phi) is 8.01. The Hall–Kier alpha value is -1.39. The second-order valence-electron chi connectivity index (χ2n) is 5.48. The van der Waals surface area contributed by atoms with Crippen LogP contribution in [0.3, 0.4) is 0 Å². The lowest BCUT2D eigenvalue weighted by molar-refractivity contribution is -0.143. The van der Waals surface area contributed by atoms with Crippen molar-refractivity contribution < 1.29 is 19.7 Å². The fourth-order valence-electron chi connectivity index (χ4n) is 2.24. The van der Waals surface area contributed by atoms with E-state index in [0.29, 0.717) is 13.0 Å². The first kappa shape index (κ1) is 17.7. The number of benzene rings is 1. The molecule has 0 bridgehead atoms. The molecular weight excluding hydrogens is 268 g/mol. The minimum absolute atomic E-state index is 0.206. The molecule has 0 radical (unpaired) electrons. The summed E-state index contributed by atoms with van der Waals surface area (Å²) in [4.78, 5) is 11.4. The summed E-state index contributed by atoms with van der Waals surface area (Å²) in [5.41, 5.74) is 2.10. The van der Waals surface area contributed by atoms with Crippen LogP contribution < -0.4 is 0 Å². The highest BCUT2D eigenvalue weighted by molar-refractivity contribution is 5.70. The van der Waals surface area contributed by atoms with Crippen LogP contribution in [-0.4, -0.2) is 35.5 Å². The molecule has 118 valence electrons. The minimum Gasteiger partial charge on any atom is -0.481 e. The van der Waals surface area contributed by atoms with Crippen molar-refractivity contribution in [3.05, 3.63) is 35.4 Å². The number of rotatable bonds is 10. The maximum Gasteiger partial charge on any atom is 0.306 e. The number of unbranched alkanes of at least 4 members (excludes halogenated alkanes) is 1. The molecule has 4 heteroatoms. The van der Waals surface area contributed by atoms with Gasteiger partial charge in [-0.3, -0.25) is 4.79 Å². The molecule has 0 aliphatic rings. The fourth-order valence-corrected chi connectivity index (χ4v) is 2.24. The third-order valence-electron chi connectivity index (χ3n) is 3.59. The Morgan fingerprint density at radius 2 is 2.05 bits per heavy atom. The molecule has 0 aliphatic heterocycles. The Bertz CT molecular complexity index is 431. The van der Waals surface area contributed by atoms with Gasteiger partial charge in [-0.15, -0.1) is 0 Å². The average Bonchev–Trinajstić information content (AvgIpc) is 2.45. The number of aliphatic carboxylic acids is 1. The lowest BCUT2D eigenvalue weighted by Gasteiger charge is -2.18. The number of hydrogen-bond donors (Lipinski definition) is 2. The standard InChI is InChI=1S/C17H26O4/c1-3-4-9-21-12-16(18)11-15(17(19)20)10-14-8-6-5-7-13(14)2/h5-8,15-16,18H,3-4,9-12H2,1-2H3,(H,19,20). The first-order chi connectivity index (χ1) is 10.0. The van der Waals surface area contributed by atoms with Crippen molar-refractivity contribution in [3.8, 4) is 0 Å². The first-order valence-electron chi connectivity index (χ1n) is 7.57. The summed E-state index contributed by atoms with van der Waals surface area (Å²) < 4.78 is 5.35. The van der Waals surface area contributed by atoms with Crippen molar-refractivity contribution in [2.45, 2.75) is 45.6 Å². The van der Waals surface area contributed by atoms with Gasteiger partial charge in [0.05, 0.1) is 18.6 Å². The van der Waals surface area contributed by atoms with Crippen molar-refractivity contribution in [1.82, 2.24) is 0 Å². The summed E-state index contributed by atoms with van der Waals surface area (Å²) in [5, 5.41) is 19.3. The van der Waals surface area contributed by atoms with Crippen molar-refractivity contribution in [2.24, 2.45) is 5.92 Å². The molecule has 0 aliphatic carbocycles. The van der Waals surface area contributed by atoms with Gasteiger partial charge in [0.15, 0.2) is 0 Å². The van der Waals surface area contributed by atoms with Crippen LogP contribution in [0.1, 0.15) is 37.3 Å². The van der Waals surface area contributed by atoms with E-state index in [0.717, 1.165) is 24.0 Å². The monoisotopic (exact) mass is 294 g/mol. The summed E-state index contributed by atoms with van der Waals surface area (Å²) in [6.45, 7) is 4.86. The molecule has 0 fully saturated rings. The van der Waals surface area contributed by atoms with Gasteiger partial charge in [0.2, 0.25) is 0 Å². The van der Waals surface area contributed by atoms with Crippen LogP contribution >= 0.6 is 0 Å². The van der Waals surface area contributed by atoms with Crippen molar-refractivity contribution in [3.63, 3.8) is 0 Å². The van der Waals surface area contributed by atoms with E-state index in [1.807, 2.05) is 31.2 Å². The van der Waals surface area contributed by atoms with Gasteiger partial charge in [0.25, 0.3) is 0 Å². The van der Waals surface area contributed by atoms with Crippen molar-refractivity contribution in [1.29, 1.82) is 0 Å². The minimum atomic E-state index is -0.870. The number of carboxylic acid groups (broad SMARTS) is 1. The molecule has 21 heavy (non-hydrogen) atoms. The molecule has 2 atom stereocenters. The largest absolute Gasteiger partial charge is 0.481 e. The van der Waals surface area contributed by atoms with Crippen LogP contribution in [-0.2, 0) is 16.0 Å². The highest BCUT2D eigenvalue weighted by Crippen LogP contribution is 2.18. The summed E-state index contributed by atoms with van der Waals surface area (Å²) in [6.07, 6.45) is 1.93. The van der Waals surface area contributed by atoms with Gasteiger partial charge in [-0.1, -0.05) is 37.6 Å². The van der Waals surface area contributed by atoms with Gasteiger partial charge < -0.3 is 14.9 Å². The highest BCUT2D eigenvalue weighted by atomic mass is 16.5. The lowest BCUT2D eigenvalue weighted by Crippen LogP contribution is -2.26. The molecule has 1 aromatic rings. The Morgan fingerprint density at radius 1 is 1.33 bits per heavy atom. The molecule has 1 aromatic carbocycles. The van der Waals surface area contributed by atoms with Crippen molar-refractivity contribution in [2.75, 3.05) is 13.2 Å². The smallest absolute Gasteiger partial charge is 0.306 e. The predicted molar refractivity (Wildman–Crippen MR) is 82.4 cm³/mol. The zero-order chi connectivity index (χ0) is 15.7. The lowest BCUT2D eigenvalue weighted by atomic mass is 9.92. The number of aryl methyl sites for hydroxylation is 1. The third-order valence-corrected chi connectivity index (χ3v) is 3.59. The molecule has 2 N–H and O–H groups in total. The maximum absolute atomic E-state index is 11.4. The Balaban J connectivity index is 2.50. The molecule has 0 saturated heterocycles. The molecular formula is C17H26O4. The second kappa shape index (κ2) is 9.53. The summed E-state index contributed by atoms with van der Waals surface area (Å²) >= 11 is 0. The number of aliphatic hydroxyl groups excluding tert-OH is 1. The molecule has 0 spiro atoms. The number of ether oxygens (including phenoxy) is 1. The zero-order valence-electron chi connectivity index (χ0n) is 12.9. The molecule has 0 amide bonds. The van der Waals surface area contributed by atoms with Crippen LogP contribution in [0.25, 0.3) is 0 Å². The number of carbonyl (C=O) groups is 1. The zero-order valence-corrected chi connectivity index (χ0v) is 12.9. The van der Waals surface area contributed by atoms with Crippen molar-refractivity contribution >= 4 is 5.97 Å². The SMILES string of the molecule is CCCCOCC(O)CC(Cc1ccccc1C)C(=O)O. The van der Waals surface area contributed by atoms with E-state index in [1.165, 1.54) is 0 Å². The van der Waals surface area contributed by atoms with Gasteiger partial charge in [0, 0.05) is 6.61 Å². The summed E-state index contributed by atoms with van der Waals surface area (Å²) in [5.74, 6) is -1.46. The quantitative estimate of drug-likeness (QED) is 0.651. The predicted octanol–water partition coefficient (Wildman–Crippen LogP) is 2.81. The molecule has 0 heterocycles. The fraction of sp³-hybridized carbons (Fsp3) is 0.588. The first-order valence-corrected chi connectivity index (χ1v) is 7.57. The van der Waals surface area contributed by atoms with Gasteiger partial charge in [-0.05, 0) is 37.3 Å². The van der Waals surface area contributed by atoms with E-state index < -0.39 is 18.0 Å². The number of carboxylic acids is 1. The van der Waals surface area contributed by atoms with E-state index in [9.17, 15) is 15.0 Å². The number of hydrogen-bond acceptors (Lipinski definition) is 3. The van der Waals surface area contributed by atoms with Crippen LogP contribution in [0.2, 0.25) is 0 Å². The van der Waals surface area contributed by atoms with E-state index in [2.05, 4.69) is 6.92 Å². The second-order valence-corrected chi connectivity index (χ2v) is 5.48. The van der Waals surface area contributed by atoms with Gasteiger partial charge in [0.1, 0.15) is 0 Å². The molecule has 0 saturated carbocycles. The van der Waals surface area contributed by atoms with E-state index >= 15 is 0 Å². The Labute approximate surface area is 126 Å². The van der Waals surface area contributed by atoms with Crippen LogP contribution in [0.15, 0.2) is 24.3 Å². The molecule has 4 nitrogen and oxygen atoms in total. The van der Waals surface area contributed by atoms with Crippen LogP contribution in [0.4, 0.5) is 0 Å². The van der Waals surface area contributed by atoms with E-state index in [1.54, 1.807) is 0 Å². The summed E-state index contributed by atoms with van der Waals surface area (Å²) in [6, 6.07) is 7.75. The highest BCUT2D eigenvalue weighted by Gasteiger charge is 2.22. The van der Waals surface area contributed by atoms with Gasteiger partial charge >= 0.3 is 5.97 Å².